The molecule has 0 aliphatic rings. The average molecular weight is 281 g/mol. The Morgan fingerprint density at radius 1 is 1.47 bits per heavy atom. The maximum absolute atomic E-state index is 11.8. The molecule has 0 aliphatic heterocycles. The van der Waals surface area contributed by atoms with Crippen LogP contribution < -0.4 is 5.63 Å². The zero-order valence-electron chi connectivity index (χ0n) is 10.9. The lowest BCUT2D eigenvalue weighted by Crippen LogP contribution is -2.11. The Bertz CT molecular complexity index is 644. The minimum Gasteiger partial charge on any atom is -0.459 e. The molecule has 0 unspecified atom stereocenters. The van der Waals surface area contributed by atoms with Crippen LogP contribution in [0.3, 0.4) is 0 Å². The molecule has 2 heterocycles. The van der Waals surface area contributed by atoms with Gasteiger partial charge in [0.05, 0.1) is 12.0 Å². The van der Waals surface area contributed by atoms with E-state index >= 15 is 0 Å². The Kier molecular flexibility index (Phi) is 4.31. The first-order chi connectivity index (χ1) is 9.15. The number of thiophene rings is 1. The molecule has 0 bridgehead atoms. The van der Waals surface area contributed by atoms with Gasteiger partial charge in [-0.1, -0.05) is 13.3 Å². The molecule has 102 valence electrons. The van der Waals surface area contributed by atoms with Gasteiger partial charge in [-0.3, -0.25) is 0 Å². The highest BCUT2D eigenvalue weighted by molar-refractivity contribution is 7.18. The van der Waals surface area contributed by atoms with E-state index in [2.05, 4.69) is 11.9 Å². The Labute approximate surface area is 114 Å². The molecule has 5 nitrogen and oxygen atoms in total. The molecule has 0 aromatic carbocycles. The predicted octanol–water partition coefficient (Wildman–Crippen LogP) is 2.77. The quantitative estimate of drug-likeness (QED) is 0.788. The van der Waals surface area contributed by atoms with Crippen molar-refractivity contribution in [2.45, 2.75) is 33.1 Å². The molecule has 19 heavy (non-hydrogen) atoms. The maximum atomic E-state index is 11.8. The number of fused-ring (bicyclic) bond motifs is 1. The van der Waals surface area contributed by atoms with Gasteiger partial charge in [0.25, 0.3) is 0 Å². The van der Waals surface area contributed by atoms with Crippen molar-refractivity contribution < 1.29 is 13.9 Å². The number of nitrogens with zero attached hydrogens (tertiary/aromatic N) is 1. The zero-order valence-corrected chi connectivity index (χ0v) is 11.7. The van der Waals surface area contributed by atoms with E-state index in [1.807, 2.05) is 0 Å². The van der Waals surface area contributed by atoms with Crippen molar-refractivity contribution in [3.8, 4) is 0 Å². The molecule has 2 rings (SSSR count). The predicted molar refractivity (Wildman–Crippen MR) is 72.7 cm³/mol. The monoisotopic (exact) mass is 281 g/mol. The molecule has 2 aromatic heterocycles. The molecule has 0 fully saturated rings. The summed E-state index contributed by atoms with van der Waals surface area (Å²) in [6.45, 7) is 4.01. The smallest absolute Gasteiger partial charge is 0.394 e. The van der Waals surface area contributed by atoms with Crippen molar-refractivity contribution in [3.63, 3.8) is 0 Å². The zero-order chi connectivity index (χ0) is 13.8. The number of aryl methyl sites for hydroxylation is 1. The minimum atomic E-state index is -0.704. The van der Waals surface area contributed by atoms with E-state index in [0.29, 0.717) is 10.2 Å². The van der Waals surface area contributed by atoms with Crippen molar-refractivity contribution in [2.24, 2.45) is 0 Å². The van der Waals surface area contributed by atoms with Gasteiger partial charge >= 0.3 is 17.5 Å². The third-order valence-electron chi connectivity index (χ3n) is 2.60. The molecule has 0 spiro atoms. The Hall–Kier alpha value is -1.69. The number of carbonyl (C=O) groups is 1. The Morgan fingerprint density at radius 2 is 2.26 bits per heavy atom. The van der Waals surface area contributed by atoms with Crippen molar-refractivity contribution in [3.05, 3.63) is 27.3 Å². The Balaban J connectivity index is 2.39. The molecule has 0 amide bonds. The number of aromatic nitrogens is 1. The summed E-state index contributed by atoms with van der Waals surface area (Å²) >= 11 is 1.42. The summed E-state index contributed by atoms with van der Waals surface area (Å²) in [4.78, 5) is 29.0. The van der Waals surface area contributed by atoms with Crippen LogP contribution >= 0.6 is 11.3 Å². The topological polar surface area (TPSA) is 69.4 Å². The van der Waals surface area contributed by atoms with Crippen LogP contribution in [0.15, 0.2) is 15.3 Å². The molecule has 2 aromatic rings. The second kappa shape index (κ2) is 5.97. The standard InChI is InChI=1S/C13H15NO4S/c1-3-5-6-8-7-9-11(19-8)14-10(18-12(9)15)13(16)17-4-2/h7H,3-6H2,1-2H3. The fourth-order valence-corrected chi connectivity index (χ4v) is 2.73. The number of hydrogen-bond acceptors (Lipinski definition) is 6. The highest BCUT2D eigenvalue weighted by Crippen LogP contribution is 2.23. The van der Waals surface area contributed by atoms with Crippen LogP contribution in [-0.2, 0) is 11.2 Å². The molecule has 6 heteroatoms. The third-order valence-corrected chi connectivity index (χ3v) is 3.69. The normalized spacial score (nSPS) is 10.8. The summed E-state index contributed by atoms with van der Waals surface area (Å²) in [5.41, 5.74) is -0.535. The van der Waals surface area contributed by atoms with E-state index in [4.69, 9.17) is 9.15 Å². The van der Waals surface area contributed by atoms with E-state index in [0.717, 1.165) is 24.1 Å². The molecular formula is C13H15NO4S. The first-order valence-electron chi connectivity index (χ1n) is 6.26. The van der Waals surface area contributed by atoms with Crippen LogP contribution in [0.1, 0.15) is 42.3 Å². The van der Waals surface area contributed by atoms with Gasteiger partial charge in [0.15, 0.2) is 0 Å². The van der Waals surface area contributed by atoms with Crippen LogP contribution in [0.5, 0.6) is 0 Å². The molecule has 0 N–H and O–H groups in total. The number of esters is 1. The minimum absolute atomic E-state index is 0.217. The summed E-state index contributed by atoms with van der Waals surface area (Å²) in [6, 6.07) is 1.80. The summed E-state index contributed by atoms with van der Waals surface area (Å²) in [5, 5.41) is 0.434. The second-order valence-electron chi connectivity index (χ2n) is 4.06. The number of ether oxygens (including phenoxy) is 1. The van der Waals surface area contributed by atoms with Gasteiger partial charge < -0.3 is 9.15 Å². The van der Waals surface area contributed by atoms with Gasteiger partial charge in [-0.2, -0.15) is 4.98 Å². The van der Waals surface area contributed by atoms with Gasteiger partial charge in [0, 0.05) is 4.88 Å². The summed E-state index contributed by atoms with van der Waals surface area (Å²) in [6.07, 6.45) is 3.05. The van der Waals surface area contributed by atoms with E-state index in [-0.39, 0.29) is 12.5 Å². The van der Waals surface area contributed by atoms with Crippen LogP contribution in [-0.4, -0.2) is 17.6 Å². The SMILES string of the molecule is CCCCc1cc2c(=O)oc(C(=O)OCC)nc2s1. The molecule has 0 saturated carbocycles. The number of carbonyl (C=O) groups excluding carboxylic acids is 1. The van der Waals surface area contributed by atoms with Crippen molar-refractivity contribution in [1.29, 1.82) is 0 Å². The lowest BCUT2D eigenvalue weighted by Gasteiger charge is -1.98. The third kappa shape index (κ3) is 3.01. The number of hydrogen-bond donors (Lipinski definition) is 0. The van der Waals surface area contributed by atoms with Crippen LogP contribution in [0.2, 0.25) is 0 Å². The van der Waals surface area contributed by atoms with E-state index in [1.165, 1.54) is 11.3 Å². The second-order valence-corrected chi connectivity index (χ2v) is 5.18. The van der Waals surface area contributed by atoms with Crippen LogP contribution in [0.4, 0.5) is 0 Å². The number of unbranched alkanes of at least 4 members (excludes halogenated alkanes) is 1. The number of rotatable bonds is 5. The largest absolute Gasteiger partial charge is 0.459 e. The summed E-state index contributed by atoms with van der Waals surface area (Å²) in [7, 11) is 0. The van der Waals surface area contributed by atoms with Gasteiger partial charge in [-0.25, -0.2) is 9.59 Å². The van der Waals surface area contributed by atoms with Gasteiger partial charge in [-0.15, -0.1) is 11.3 Å². The van der Waals surface area contributed by atoms with Crippen LogP contribution in [0, 0.1) is 0 Å². The fraction of sp³-hybridized carbons (Fsp3) is 0.462. The lowest BCUT2D eigenvalue weighted by molar-refractivity contribution is 0.0474. The maximum Gasteiger partial charge on any atom is 0.394 e. The van der Waals surface area contributed by atoms with Crippen molar-refractivity contribution in [1.82, 2.24) is 4.98 Å². The highest BCUT2D eigenvalue weighted by atomic mass is 32.1. The Morgan fingerprint density at radius 3 is 2.95 bits per heavy atom. The van der Waals surface area contributed by atoms with E-state index < -0.39 is 11.6 Å². The molecule has 0 atom stereocenters. The fourth-order valence-electron chi connectivity index (χ4n) is 1.67. The van der Waals surface area contributed by atoms with Gasteiger partial charge in [0.1, 0.15) is 4.83 Å². The van der Waals surface area contributed by atoms with Crippen LogP contribution in [0.25, 0.3) is 10.2 Å². The van der Waals surface area contributed by atoms with Crippen molar-refractivity contribution in [2.75, 3.05) is 6.61 Å². The van der Waals surface area contributed by atoms with Gasteiger partial charge in [-0.05, 0) is 25.8 Å². The summed E-state index contributed by atoms with van der Waals surface area (Å²) in [5.74, 6) is -0.978. The molecule has 0 saturated heterocycles. The molecular weight excluding hydrogens is 266 g/mol. The van der Waals surface area contributed by atoms with Gasteiger partial charge in [0.2, 0.25) is 0 Å². The highest BCUT2D eigenvalue weighted by Gasteiger charge is 2.16. The first kappa shape index (κ1) is 13.7. The molecule has 0 radical (unpaired) electrons. The average Bonchev–Trinajstić information content (AvgIpc) is 2.80. The summed E-state index contributed by atoms with van der Waals surface area (Å²) < 4.78 is 9.66. The molecule has 0 aliphatic carbocycles. The van der Waals surface area contributed by atoms with E-state index in [1.54, 1.807) is 13.0 Å². The van der Waals surface area contributed by atoms with Crippen molar-refractivity contribution >= 4 is 27.5 Å². The van der Waals surface area contributed by atoms with E-state index in [9.17, 15) is 9.59 Å². The first-order valence-corrected chi connectivity index (χ1v) is 7.08. The lowest BCUT2D eigenvalue weighted by atomic mass is 10.2.